The van der Waals surface area contributed by atoms with Gasteiger partial charge in [-0.2, -0.15) is 0 Å². The van der Waals surface area contributed by atoms with Crippen LogP contribution >= 0.6 is 0 Å². The molecule has 0 spiro atoms. The van der Waals surface area contributed by atoms with E-state index in [2.05, 4.69) is 22.1 Å². The number of likely N-dealkylation sites (tertiary alicyclic amines) is 1. The lowest BCUT2D eigenvalue weighted by molar-refractivity contribution is 0.164. The highest BCUT2D eigenvalue weighted by molar-refractivity contribution is 5.81. The Kier molecular flexibility index (Phi) is 7.29. The number of urea groups is 1. The Morgan fingerprint density at radius 3 is 2.79 bits per heavy atom. The first-order chi connectivity index (χ1) is 16.1. The van der Waals surface area contributed by atoms with Crippen molar-refractivity contribution in [3.8, 4) is 5.75 Å². The normalized spacial score (nSPS) is 16.1. The number of ether oxygens (including phenoxy) is 1. The first-order valence-corrected chi connectivity index (χ1v) is 11.6. The number of benzene rings is 2. The van der Waals surface area contributed by atoms with Gasteiger partial charge in [-0.3, -0.25) is 9.69 Å². The predicted octanol–water partition coefficient (Wildman–Crippen LogP) is 3.73. The van der Waals surface area contributed by atoms with Crippen molar-refractivity contribution in [1.29, 1.82) is 0 Å². The van der Waals surface area contributed by atoms with Crippen LogP contribution in [0.4, 0.5) is 4.79 Å². The Hall–Kier alpha value is -3.32. The third-order valence-corrected chi connectivity index (χ3v) is 6.40. The summed E-state index contributed by atoms with van der Waals surface area (Å²) in [5, 5.41) is 3.92. The smallest absolute Gasteiger partial charge is 0.318 e. The number of aromatic nitrogens is 1. The summed E-state index contributed by atoms with van der Waals surface area (Å²) < 4.78 is 5.33. The molecule has 174 valence electrons. The third-order valence-electron chi connectivity index (χ3n) is 6.40. The number of aromatic amines is 1. The SMILES string of the molecule is CCN1CCC[C@@H]1CN(Cc1cc2cc(OC)ccc2[nH]c1=O)C(=O)NCc1ccccc1. The number of H-pyrrole nitrogens is 1. The minimum absolute atomic E-state index is 0.160. The minimum atomic E-state index is -0.174. The monoisotopic (exact) mass is 448 g/mol. The fraction of sp³-hybridized carbons (Fsp3) is 0.385. The summed E-state index contributed by atoms with van der Waals surface area (Å²) >= 11 is 0. The van der Waals surface area contributed by atoms with E-state index in [-0.39, 0.29) is 18.1 Å². The van der Waals surface area contributed by atoms with Crippen LogP contribution in [0.1, 0.15) is 30.9 Å². The molecule has 7 heteroatoms. The molecule has 0 radical (unpaired) electrons. The summed E-state index contributed by atoms with van der Waals surface area (Å²) in [6.07, 6.45) is 2.19. The van der Waals surface area contributed by atoms with Crippen LogP contribution in [-0.4, -0.2) is 53.6 Å². The standard InChI is InChI=1S/C26H32N4O3/c1-3-29-13-7-10-22(29)18-30(26(32)27-16-19-8-5-4-6-9-19)17-21-14-20-15-23(33-2)11-12-24(20)28-25(21)31/h4-6,8-9,11-12,14-15,22H,3,7,10,13,16-18H2,1-2H3,(H,27,32)(H,28,31)/t22-/m1/s1. The van der Waals surface area contributed by atoms with Crippen LogP contribution < -0.4 is 15.6 Å². The number of hydrogen-bond donors (Lipinski definition) is 2. The summed E-state index contributed by atoms with van der Waals surface area (Å²) in [7, 11) is 1.62. The summed E-state index contributed by atoms with van der Waals surface area (Å²) in [6, 6.07) is 17.4. The average molecular weight is 449 g/mol. The first kappa shape index (κ1) is 22.9. The van der Waals surface area contributed by atoms with Crippen molar-refractivity contribution in [1.82, 2.24) is 20.1 Å². The van der Waals surface area contributed by atoms with Gasteiger partial charge in [-0.25, -0.2) is 4.79 Å². The number of amides is 2. The van der Waals surface area contributed by atoms with Gasteiger partial charge in [0.1, 0.15) is 5.75 Å². The fourth-order valence-corrected chi connectivity index (χ4v) is 4.56. The van der Waals surface area contributed by atoms with E-state index < -0.39 is 0 Å². The molecule has 1 fully saturated rings. The second kappa shape index (κ2) is 10.5. The van der Waals surface area contributed by atoms with Crippen LogP contribution in [0.5, 0.6) is 5.75 Å². The van der Waals surface area contributed by atoms with Gasteiger partial charge in [0.2, 0.25) is 0 Å². The molecule has 1 saturated heterocycles. The Labute approximate surface area is 194 Å². The number of nitrogens with one attached hydrogen (secondary N) is 2. The largest absolute Gasteiger partial charge is 0.497 e. The van der Waals surface area contributed by atoms with Crippen molar-refractivity contribution in [2.24, 2.45) is 0 Å². The highest BCUT2D eigenvalue weighted by Gasteiger charge is 2.27. The Balaban J connectivity index is 1.57. The van der Waals surface area contributed by atoms with Crippen molar-refractivity contribution in [2.45, 2.75) is 38.9 Å². The third kappa shape index (κ3) is 5.54. The molecule has 4 rings (SSSR count). The number of carbonyl (C=O) groups excluding carboxylic acids is 1. The molecule has 2 amide bonds. The molecule has 0 unspecified atom stereocenters. The number of hydrogen-bond acceptors (Lipinski definition) is 4. The topological polar surface area (TPSA) is 77.7 Å². The number of nitrogens with zero attached hydrogens (tertiary/aromatic N) is 2. The first-order valence-electron chi connectivity index (χ1n) is 11.6. The quantitative estimate of drug-likeness (QED) is 0.550. The van der Waals surface area contributed by atoms with Crippen molar-refractivity contribution in [2.75, 3.05) is 26.7 Å². The Bertz CT molecular complexity index is 1150. The van der Waals surface area contributed by atoms with Gasteiger partial charge in [-0.05, 0) is 55.8 Å². The van der Waals surface area contributed by atoms with Gasteiger partial charge in [-0.1, -0.05) is 37.3 Å². The van der Waals surface area contributed by atoms with Crippen LogP contribution in [0.2, 0.25) is 0 Å². The van der Waals surface area contributed by atoms with Gasteiger partial charge in [0.15, 0.2) is 0 Å². The summed E-state index contributed by atoms with van der Waals surface area (Å²) in [6.45, 7) is 5.45. The maximum absolute atomic E-state index is 13.2. The molecule has 3 aromatic rings. The minimum Gasteiger partial charge on any atom is -0.497 e. The van der Waals surface area contributed by atoms with E-state index in [1.807, 2.05) is 54.6 Å². The van der Waals surface area contributed by atoms with Crippen LogP contribution in [0.3, 0.4) is 0 Å². The Morgan fingerprint density at radius 1 is 1.21 bits per heavy atom. The molecule has 2 N–H and O–H groups in total. The molecule has 1 aromatic heterocycles. The zero-order valence-corrected chi connectivity index (χ0v) is 19.3. The lowest BCUT2D eigenvalue weighted by atomic mass is 10.1. The molecule has 0 saturated carbocycles. The second-order valence-electron chi connectivity index (χ2n) is 8.53. The van der Waals surface area contributed by atoms with Gasteiger partial charge >= 0.3 is 6.03 Å². The molecule has 1 atom stereocenters. The average Bonchev–Trinajstić information content (AvgIpc) is 3.30. The van der Waals surface area contributed by atoms with E-state index >= 15 is 0 Å². The molecule has 7 nitrogen and oxygen atoms in total. The van der Waals surface area contributed by atoms with Crippen molar-refractivity contribution >= 4 is 16.9 Å². The van der Waals surface area contributed by atoms with Gasteiger partial charge in [0, 0.05) is 35.6 Å². The highest BCUT2D eigenvalue weighted by Crippen LogP contribution is 2.21. The summed E-state index contributed by atoms with van der Waals surface area (Å²) in [4.78, 5) is 33.2. The van der Waals surface area contributed by atoms with Crippen molar-refractivity contribution in [3.05, 3.63) is 76.1 Å². The molecular weight excluding hydrogens is 416 g/mol. The van der Waals surface area contributed by atoms with E-state index in [4.69, 9.17) is 4.74 Å². The molecular formula is C26H32N4O3. The second-order valence-corrected chi connectivity index (χ2v) is 8.53. The molecule has 33 heavy (non-hydrogen) atoms. The lowest BCUT2D eigenvalue weighted by Gasteiger charge is -2.30. The number of carbonyl (C=O) groups is 1. The lowest BCUT2D eigenvalue weighted by Crippen LogP contribution is -2.47. The number of rotatable bonds is 8. The van der Waals surface area contributed by atoms with Crippen LogP contribution in [0, 0.1) is 0 Å². The predicted molar refractivity (Wildman–Crippen MR) is 130 cm³/mol. The van der Waals surface area contributed by atoms with Crippen LogP contribution in [0.25, 0.3) is 10.9 Å². The molecule has 1 aliphatic rings. The Morgan fingerprint density at radius 2 is 2.03 bits per heavy atom. The zero-order chi connectivity index (χ0) is 23.2. The fourth-order valence-electron chi connectivity index (χ4n) is 4.56. The van der Waals surface area contributed by atoms with Gasteiger partial charge in [0.25, 0.3) is 5.56 Å². The number of fused-ring (bicyclic) bond motifs is 1. The number of pyridine rings is 1. The molecule has 1 aliphatic heterocycles. The maximum Gasteiger partial charge on any atom is 0.318 e. The van der Waals surface area contributed by atoms with E-state index in [0.717, 1.165) is 48.1 Å². The van der Waals surface area contributed by atoms with Gasteiger partial charge in [0.05, 0.1) is 13.7 Å². The van der Waals surface area contributed by atoms with E-state index in [1.165, 1.54) is 0 Å². The number of likely N-dealkylation sites (N-methyl/N-ethyl adjacent to an activating group) is 1. The molecule has 0 bridgehead atoms. The summed E-state index contributed by atoms with van der Waals surface area (Å²) in [5.74, 6) is 0.725. The van der Waals surface area contributed by atoms with Gasteiger partial charge < -0.3 is 19.9 Å². The van der Waals surface area contributed by atoms with E-state index in [0.29, 0.717) is 24.7 Å². The van der Waals surface area contributed by atoms with E-state index in [9.17, 15) is 9.59 Å². The molecule has 0 aliphatic carbocycles. The highest BCUT2D eigenvalue weighted by atomic mass is 16.5. The van der Waals surface area contributed by atoms with Crippen molar-refractivity contribution in [3.63, 3.8) is 0 Å². The molecule has 2 aromatic carbocycles. The van der Waals surface area contributed by atoms with Crippen LogP contribution in [-0.2, 0) is 13.1 Å². The zero-order valence-electron chi connectivity index (χ0n) is 19.3. The van der Waals surface area contributed by atoms with E-state index in [1.54, 1.807) is 12.0 Å². The molecule has 2 heterocycles. The maximum atomic E-state index is 13.2. The van der Waals surface area contributed by atoms with Crippen molar-refractivity contribution < 1.29 is 9.53 Å². The number of methoxy groups -OCH3 is 1. The summed E-state index contributed by atoms with van der Waals surface area (Å²) in [5.41, 5.74) is 2.18. The van der Waals surface area contributed by atoms with Gasteiger partial charge in [-0.15, -0.1) is 0 Å². The van der Waals surface area contributed by atoms with Crippen LogP contribution in [0.15, 0.2) is 59.4 Å².